The van der Waals surface area contributed by atoms with Crippen LogP contribution in [-0.4, -0.2) is 56.6 Å². The van der Waals surface area contributed by atoms with Gasteiger partial charge in [0.1, 0.15) is 5.75 Å². The number of carbonyl (C=O) groups excluding carboxylic acids is 1. The topological polar surface area (TPSA) is 66.0 Å². The monoisotopic (exact) mass is 372 g/mol. The van der Waals surface area contributed by atoms with E-state index in [1.807, 2.05) is 23.1 Å². The number of nitrogens with one attached hydrogen (secondary N) is 2. The van der Waals surface area contributed by atoms with Crippen LogP contribution in [0.5, 0.6) is 5.75 Å². The van der Waals surface area contributed by atoms with Crippen LogP contribution in [0.2, 0.25) is 0 Å². The highest BCUT2D eigenvalue weighted by Gasteiger charge is 2.32. The second kappa shape index (κ2) is 9.62. The maximum Gasteiger partial charge on any atom is 0.225 e. The van der Waals surface area contributed by atoms with Gasteiger partial charge in [-0.1, -0.05) is 31.0 Å². The molecule has 6 nitrogen and oxygen atoms in total. The van der Waals surface area contributed by atoms with Gasteiger partial charge in [-0.2, -0.15) is 0 Å². The molecular formula is C21H32N4O2. The lowest BCUT2D eigenvalue weighted by molar-refractivity contribution is -0.134. The quantitative estimate of drug-likeness (QED) is 0.593. The van der Waals surface area contributed by atoms with Crippen LogP contribution in [0.25, 0.3) is 0 Å². The summed E-state index contributed by atoms with van der Waals surface area (Å²) in [5, 5.41) is 6.84. The van der Waals surface area contributed by atoms with Crippen LogP contribution >= 0.6 is 0 Å². The Kier molecular flexibility index (Phi) is 6.96. The van der Waals surface area contributed by atoms with Crippen molar-refractivity contribution in [3.8, 4) is 5.75 Å². The zero-order valence-corrected chi connectivity index (χ0v) is 16.5. The van der Waals surface area contributed by atoms with Crippen molar-refractivity contribution >= 4 is 11.9 Å². The number of amides is 1. The first-order chi connectivity index (χ1) is 13.2. The Hall–Kier alpha value is -2.24. The van der Waals surface area contributed by atoms with E-state index < -0.39 is 0 Å². The molecular weight excluding hydrogens is 340 g/mol. The van der Waals surface area contributed by atoms with Gasteiger partial charge >= 0.3 is 0 Å². The number of ether oxygens (including phenoxy) is 1. The van der Waals surface area contributed by atoms with E-state index in [-0.39, 0.29) is 12.0 Å². The summed E-state index contributed by atoms with van der Waals surface area (Å²) in [6, 6.07) is 8.35. The fourth-order valence-electron chi connectivity index (χ4n) is 4.12. The molecule has 2 fully saturated rings. The highest BCUT2D eigenvalue weighted by atomic mass is 16.5. The second-order valence-corrected chi connectivity index (χ2v) is 7.46. The van der Waals surface area contributed by atoms with Gasteiger partial charge in [0.15, 0.2) is 5.96 Å². The summed E-state index contributed by atoms with van der Waals surface area (Å²) in [6.07, 6.45) is 6.38. The molecule has 2 aliphatic rings. The van der Waals surface area contributed by atoms with Crippen molar-refractivity contribution in [3.63, 3.8) is 0 Å². The van der Waals surface area contributed by atoms with Gasteiger partial charge in [-0.05, 0) is 37.3 Å². The number of hydrogen-bond donors (Lipinski definition) is 2. The minimum Gasteiger partial charge on any atom is -0.496 e. The zero-order chi connectivity index (χ0) is 19.1. The summed E-state index contributed by atoms with van der Waals surface area (Å²) in [5.74, 6) is 2.34. The Morgan fingerprint density at radius 2 is 2.04 bits per heavy atom. The van der Waals surface area contributed by atoms with Gasteiger partial charge in [0, 0.05) is 38.6 Å². The van der Waals surface area contributed by atoms with Crippen LogP contribution in [0.4, 0.5) is 0 Å². The van der Waals surface area contributed by atoms with Crippen LogP contribution in [-0.2, 0) is 11.2 Å². The van der Waals surface area contributed by atoms with Crippen LogP contribution in [0.15, 0.2) is 29.3 Å². The van der Waals surface area contributed by atoms with Crippen molar-refractivity contribution in [1.29, 1.82) is 0 Å². The van der Waals surface area contributed by atoms with E-state index in [1.54, 1.807) is 14.2 Å². The molecule has 6 heteroatoms. The summed E-state index contributed by atoms with van der Waals surface area (Å²) in [5.41, 5.74) is 1.18. The number of rotatable bonds is 6. The molecule has 27 heavy (non-hydrogen) atoms. The van der Waals surface area contributed by atoms with Gasteiger partial charge in [-0.25, -0.2) is 0 Å². The number of benzene rings is 1. The summed E-state index contributed by atoms with van der Waals surface area (Å²) < 4.78 is 5.40. The minimum atomic E-state index is 0.266. The summed E-state index contributed by atoms with van der Waals surface area (Å²) in [4.78, 5) is 18.9. The average molecular weight is 373 g/mol. The Morgan fingerprint density at radius 1 is 1.26 bits per heavy atom. The predicted molar refractivity (Wildman–Crippen MR) is 108 cm³/mol. The minimum absolute atomic E-state index is 0.266. The molecule has 0 radical (unpaired) electrons. The number of carbonyl (C=O) groups is 1. The van der Waals surface area contributed by atoms with Gasteiger partial charge in [0.2, 0.25) is 5.91 Å². The largest absolute Gasteiger partial charge is 0.496 e. The van der Waals surface area contributed by atoms with Gasteiger partial charge in [0.05, 0.1) is 7.11 Å². The first-order valence-electron chi connectivity index (χ1n) is 10.1. The van der Waals surface area contributed by atoms with Gasteiger partial charge < -0.3 is 20.3 Å². The van der Waals surface area contributed by atoms with Crippen LogP contribution < -0.4 is 15.4 Å². The molecule has 1 aromatic rings. The standard InChI is InChI=1S/C21H32N4O2/c1-22-21(23-13-11-16-7-5-6-10-19(16)27-2)24-18-12-14-25(15-18)20(26)17-8-3-4-9-17/h5-7,10,17-18H,3-4,8-9,11-15H2,1-2H3,(H2,22,23,24). The maximum atomic E-state index is 12.6. The zero-order valence-electron chi connectivity index (χ0n) is 16.5. The molecule has 3 rings (SSSR count). The molecule has 148 valence electrons. The third-order valence-corrected chi connectivity index (χ3v) is 5.65. The first kappa shape index (κ1) is 19.5. The van der Waals surface area contributed by atoms with Crippen molar-refractivity contribution in [2.45, 2.75) is 44.6 Å². The molecule has 1 heterocycles. The molecule has 2 N–H and O–H groups in total. The second-order valence-electron chi connectivity index (χ2n) is 7.46. The number of para-hydroxylation sites is 1. The third kappa shape index (κ3) is 5.15. The Labute approximate surface area is 162 Å². The average Bonchev–Trinajstić information content (AvgIpc) is 3.39. The number of nitrogens with zero attached hydrogens (tertiary/aromatic N) is 2. The Morgan fingerprint density at radius 3 is 2.78 bits per heavy atom. The molecule has 1 saturated carbocycles. The van der Waals surface area contributed by atoms with Crippen molar-refractivity contribution in [2.24, 2.45) is 10.9 Å². The van der Waals surface area contributed by atoms with Crippen molar-refractivity contribution in [1.82, 2.24) is 15.5 Å². The van der Waals surface area contributed by atoms with Gasteiger partial charge in [-0.3, -0.25) is 9.79 Å². The molecule has 1 amide bonds. The molecule has 0 spiro atoms. The van der Waals surface area contributed by atoms with E-state index in [2.05, 4.69) is 21.7 Å². The predicted octanol–water partition coefficient (Wildman–Crippen LogP) is 2.19. The highest BCUT2D eigenvalue weighted by molar-refractivity contribution is 5.81. The van der Waals surface area contributed by atoms with E-state index in [9.17, 15) is 4.79 Å². The number of hydrogen-bond acceptors (Lipinski definition) is 3. The Bertz CT molecular complexity index is 655. The van der Waals surface area contributed by atoms with Crippen LogP contribution in [0.3, 0.4) is 0 Å². The van der Waals surface area contributed by atoms with Gasteiger partial charge in [-0.15, -0.1) is 0 Å². The van der Waals surface area contributed by atoms with Gasteiger partial charge in [0.25, 0.3) is 0 Å². The molecule has 1 aliphatic heterocycles. The number of aliphatic imine (C=N–C) groups is 1. The summed E-state index contributed by atoms with van der Waals surface area (Å²) in [6.45, 7) is 2.41. The SMILES string of the molecule is CN=C(NCCc1ccccc1OC)NC1CCN(C(=O)C2CCCC2)C1. The lowest BCUT2D eigenvalue weighted by atomic mass is 10.1. The summed E-state index contributed by atoms with van der Waals surface area (Å²) in [7, 11) is 3.49. The van der Waals surface area contributed by atoms with E-state index in [4.69, 9.17) is 4.74 Å². The smallest absolute Gasteiger partial charge is 0.225 e. The number of likely N-dealkylation sites (tertiary alicyclic amines) is 1. The molecule has 0 aromatic heterocycles. The van der Waals surface area contributed by atoms with Crippen molar-refractivity contribution < 1.29 is 9.53 Å². The van der Waals surface area contributed by atoms with Crippen molar-refractivity contribution in [2.75, 3.05) is 33.8 Å². The summed E-state index contributed by atoms with van der Waals surface area (Å²) >= 11 is 0. The molecule has 0 bridgehead atoms. The molecule has 1 aromatic carbocycles. The van der Waals surface area contributed by atoms with E-state index in [0.29, 0.717) is 5.91 Å². The number of methoxy groups -OCH3 is 1. The molecule has 1 saturated heterocycles. The van der Waals surface area contributed by atoms with Crippen LogP contribution in [0.1, 0.15) is 37.7 Å². The first-order valence-corrected chi connectivity index (χ1v) is 10.1. The van der Waals surface area contributed by atoms with E-state index in [0.717, 1.165) is 57.0 Å². The van der Waals surface area contributed by atoms with E-state index in [1.165, 1.54) is 18.4 Å². The Balaban J connectivity index is 1.43. The lowest BCUT2D eigenvalue weighted by Crippen LogP contribution is -2.45. The number of guanidine groups is 1. The van der Waals surface area contributed by atoms with Crippen molar-refractivity contribution in [3.05, 3.63) is 29.8 Å². The third-order valence-electron chi connectivity index (χ3n) is 5.65. The lowest BCUT2D eigenvalue weighted by Gasteiger charge is -2.21. The fraction of sp³-hybridized carbons (Fsp3) is 0.619. The molecule has 1 atom stereocenters. The molecule has 1 aliphatic carbocycles. The van der Waals surface area contributed by atoms with E-state index >= 15 is 0 Å². The fourth-order valence-corrected chi connectivity index (χ4v) is 4.12. The highest BCUT2D eigenvalue weighted by Crippen LogP contribution is 2.27. The maximum absolute atomic E-state index is 12.6. The van der Waals surface area contributed by atoms with Crippen LogP contribution in [0, 0.1) is 5.92 Å². The molecule has 1 unspecified atom stereocenters. The normalized spacial score (nSPS) is 20.7.